The molecule has 2 aliphatic heterocycles. The third-order valence-corrected chi connectivity index (χ3v) is 7.42. The van der Waals surface area contributed by atoms with Gasteiger partial charge in [0.25, 0.3) is 0 Å². The average Bonchev–Trinajstić information content (AvgIpc) is 2.95. The number of carbonyl (C=O) groups is 2. The van der Waals surface area contributed by atoms with Gasteiger partial charge in [0.05, 0.1) is 18.8 Å². The van der Waals surface area contributed by atoms with E-state index in [1.165, 1.54) is 26.2 Å². The minimum Gasteiger partial charge on any atom is -0.392 e. The van der Waals surface area contributed by atoms with Crippen LogP contribution in [0.25, 0.3) is 0 Å². The van der Waals surface area contributed by atoms with E-state index < -0.39 is 6.29 Å². The molecule has 2 fully saturated rings. The Morgan fingerprint density at radius 2 is 1.77 bits per heavy atom. The highest BCUT2D eigenvalue weighted by Gasteiger charge is 2.33. The number of anilines is 1. The van der Waals surface area contributed by atoms with Gasteiger partial charge in [-0.2, -0.15) is 0 Å². The molecule has 0 radical (unpaired) electrons. The van der Waals surface area contributed by atoms with Crippen molar-refractivity contribution in [2.45, 2.75) is 83.4 Å². The van der Waals surface area contributed by atoms with Gasteiger partial charge in [-0.15, -0.1) is 0 Å². The minimum absolute atomic E-state index is 0.0186. The fourth-order valence-corrected chi connectivity index (χ4v) is 5.30. The summed E-state index contributed by atoms with van der Waals surface area (Å²) in [5.74, 6) is -0.0516. The predicted octanol–water partition coefficient (Wildman–Crippen LogP) is 4.85. The zero-order chi connectivity index (χ0) is 27.5. The molecular weight excluding hydrogens is 494 g/mol. The number of likely N-dealkylation sites (tertiary alicyclic amines) is 1. The van der Waals surface area contributed by atoms with Crippen molar-refractivity contribution >= 4 is 17.5 Å². The van der Waals surface area contributed by atoms with Crippen LogP contribution < -0.4 is 10.6 Å². The number of benzene rings is 2. The summed E-state index contributed by atoms with van der Waals surface area (Å²) in [7, 11) is 0. The van der Waals surface area contributed by atoms with Gasteiger partial charge in [-0.3, -0.25) is 9.59 Å². The maximum absolute atomic E-state index is 12.5. The maximum atomic E-state index is 12.5. The van der Waals surface area contributed by atoms with Crippen LogP contribution in [-0.2, 0) is 25.7 Å². The molecule has 39 heavy (non-hydrogen) atoms. The van der Waals surface area contributed by atoms with Crippen LogP contribution in [0.1, 0.15) is 87.4 Å². The van der Waals surface area contributed by atoms with E-state index >= 15 is 0 Å². The van der Waals surface area contributed by atoms with Crippen molar-refractivity contribution in [1.29, 1.82) is 0 Å². The summed E-state index contributed by atoms with van der Waals surface area (Å²) < 4.78 is 13.0. The zero-order valence-corrected chi connectivity index (χ0v) is 23.1. The Morgan fingerprint density at radius 1 is 0.974 bits per heavy atom. The molecule has 212 valence electrons. The number of aliphatic hydroxyl groups excluding tert-OH is 1. The number of aliphatic hydroxyl groups is 1. The molecule has 0 aliphatic carbocycles. The first kappa shape index (κ1) is 29.2. The number of amides is 2. The Morgan fingerprint density at radius 3 is 2.51 bits per heavy atom. The predicted molar refractivity (Wildman–Crippen MR) is 151 cm³/mol. The van der Waals surface area contributed by atoms with E-state index in [4.69, 9.17) is 9.47 Å². The van der Waals surface area contributed by atoms with Gasteiger partial charge >= 0.3 is 0 Å². The molecule has 8 nitrogen and oxygen atoms in total. The number of ether oxygens (including phenoxy) is 2. The Balaban J connectivity index is 1.38. The smallest absolute Gasteiger partial charge is 0.224 e. The van der Waals surface area contributed by atoms with E-state index in [0.717, 1.165) is 67.7 Å². The van der Waals surface area contributed by atoms with Crippen LogP contribution in [0.3, 0.4) is 0 Å². The van der Waals surface area contributed by atoms with Crippen LogP contribution in [0.2, 0.25) is 0 Å². The van der Waals surface area contributed by atoms with Crippen LogP contribution in [0, 0.1) is 0 Å². The standard InChI is InChI=1S/C31H43N3O5/c1-23(36)32-16-5-2-4-11-30(37)33-27-10-8-9-26(19-27)31-38-28(21-34-17-6-3-7-18-34)20-29(39-31)25-14-12-24(22-35)13-15-25/h8-10,12-15,19,28-29,31,35H,2-7,11,16-18,20-22H2,1H3,(H,32,36)(H,33,37)/t28-,29+,31+/m1/s1. The fraction of sp³-hybridized carbons (Fsp3) is 0.548. The second kappa shape index (κ2) is 15.1. The lowest BCUT2D eigenvalue weighted by Crippen LogP contribution is -2.41. The quantitative estimate of drug-likeness (QED) is 0.335. The third-order valence-electron chi connectivity index (χ3n) is 7.42. The molecule has 2 aromatic rings. The van der Waals surface area contributed by atoms with Crippen LogP contribution in [0.15, 0.2) is 48.5 Å². The van der Waals surface area contributed by atoms with Gasteiger partial charge in [0.1, 0.15) is 0 Å². The Kier molecular flexibility index (Phi) is 11.3. The van der Waals surface area contributed by atoms with Gasteiger partial charge in [0, 0.05) is 44.1 Å². The van der Waals surface area contributed by atoms with Gasteiger partial charge in [0.15, 0.2) is 6.29 Å². The molecule has 4 rings (SSSR count). The molecule has 2 heterocycles. The van der Waals surface area contributed by atoms with Crippen molar-refractivity contribution in [1.82, 2.24) is 10.2 Å². The Bertz CT molecular complexity index is 1050. The molecule has 3 N–H and O–H groups in total. The Labute approximate surface area is 232 Å². The molecule has 2 aliphatic rings. The molecular formula is C31H43N3O5. The van der Waals surface area contributed by atoms with Gasteiger partial charge < -0.3 is 30.1 Å². The summed E-state index contributed by atoms with van der Waals surface area (Å²) >= 11 is 0. The highest BCUT2D eigenvalue weighted by molar-refractivity contribution is 5.90. The van der Waals surface area contributed by atoms with Crippen molar-refractivity contribution < 1.29 is 24.2 Å². The topological polar surface area (TPSA) is 100 Å². The van der Waals surface area contributed by atoms with Crippen molar-refractivity contribution in [3.05, 3.63) is 65.2 Å². The number of hydrogen-bond acceptors (Lipinski definition) is 6. The number of unbranched alkanes of at least 4 members (excludes halogenated alkanes) is 2. The van der Waals surface area contributed by atoms with Crippen LogP contribution in [-0.4, -0.2) is 54.1 Å². The number of piperidine rings is 1. The molecule has 0 unspecified atom stereocenters. The number of rotatable bonds is 12. The summed E-state index contributed by atoms with van der Waals surface area (Å²) in [5, 5.41) is 15.2. The molecule has 3 atom stereocenters. The molecule has 0 bridgehead atoms. The number of nitrogens with one attached hydrogen (secondary N) is 2. The number of nitrogens with zero attached hydrogens (tertiary/aromatic N) is 1. The van der Waals surface area contributed by atoms with Crippen LogP contribution in [0.4, 0.5) is 5.69 Å². The summed E-state index contributed by atoms with van der Waals surface area (Å²) in [6.07, 6.45) is 6.85. The highest BCUT2D eigenvalue weighted by atomic mass is 16.7. The SMILES string of the molecule is CC(=O)NCCCCCC(=O)Nc1cccc([C@H]2O[C@@H](CN3CCCCC3)C[C@@H](c3ccc(CO)cc3)O2)c1. The highest BCUT2D eigenvalue weighted by Crippen LogP contribution is 2.38. The largest absolute Gasteiger partial charge is 0.392 e. The van der Waals surface area contributed by atoms with E-state index in [1.54, 1.807) is 0 Å². The van der Waals surface area contributed by atoms with E-state index in [-0.39, 0.29) is 30.6 Å². The lowest BCUT2D eigenvalue weighted by atomic mass is 9.99. The van der Waals surface area contributed by atoms with Crippen LogP contribution in [0.5, 0.6) is 0 Å². The second-order valence-electron chi connectivity index (χ2n) is 10.7. The van der Waals surface area contributed by atoms with E-state index in [2.05, 4.69) is 15.5 Å². The first-order chi connectivity index (χ1) is 19.0. The molecule has 0 saturated carbocycles. The van der Waals surface area contributed by atoms with Gasteiger partial charge in [-0.05, 0) is 62.0 Å². The third kappa shape index (κ3) is 9.42. The normalized spacial score (nSPS) is 21.8. The van der Waals surface area contributed by atoms with Gasteiger partial charge in [-0.25, -0.2) is 0 Å². The van der Waals surface area contributed by atoms with E-state index in [0.29, 0.717) is 13.0 Å². The average molecular weight is 538 g/mol. The molecule has 2 aromatic carbocycles. The monoisotopic (exact) mass is 537 g/mol. The summed E-state index contributed by atoms with van der Waals surface area (Å²) in [4.78, 5) is 26.0. The van der Waals surface area contributed by atoms with Crippen molar-refractivity contribution in [3.8, 4) is 0 Å². The molecule has 2 saturated heterocycles. The van der Waals surface area contributed by atoms with E-state index in [1.807, 2.05) is 48.5 Å². The molecule has 0 spiro atoms. The number of hydrogen-bond donors (Lipinski definition) is 3. The van der Waals surface area contributed by atoms with Gasteiger partial charge in [0.2, 0.25) is 11.8 Å². The van der Waals surface area contributed by atoms with Crippen LogP contribution >= 0.6 is 0 Å². The number of carbonyl (C=O) groups excluding carboxylic acids is 2. The van der Waals surface area contributed by atoms with Crippen molar-refractivity contribution in [2.24, 2.45) is 0 Å². The minimum atomic E-state index is -0.540. The van der Waals surface area contributed by atoms with Gasteiger partial charge in [-0.1, -0.05) is 49.2 Å². The summed E-state index contributed by atoms with van der Waals surface area (Å²) in [6, 6.07) is 15.7. The van der Waals surface area contributed by atoms with E-state index in [9.17, 15) is 14.7 Å². The molecule has 0 aromatic heterocycles. The molecule has 2 amide bonds. The summed E-state index contributed by atoms with van der Waals surface area (Å²) in [6.45, 7) is 5.27. The zero-order valence-electron chi connectivity index (χ0n) is 23.1. The second-order valence-corrected chi connectivity index (χ2v) is 10.7. The lowest BCUT2D eigenvalue weighted by molar-refractivity contribution is -0.253. The first-order valence-corrected chi connectivity index (χ1v) is 14.4. The Hall–Kier alpha value is -2.78. The van der Waals surface area contributed by atoms with Crippen molar-refractivity contribution in [3.63, 3.8) is 0 Å². The lowest BCUT2D eigenvalue weighted by Gasteiger charge is -2.39. The molecule has 8 heteroatoms. The summed E-state index contributed by atoms with van der Waals surface area (Å²) in [5.41, 5.74) is 3.56. The maximum Gasteiger partial charge on any atom is 0.224 e. The first-order valence-electron chi connectivity index (χ1n) is 14.4. The van der Waals surface area contributed by atoms with Crippen molar-refractivity contribution in [2.75, 3.05) is 31.5 Å². The fourth-order valence-electron chi connectivity index (χ4n) is 5.30.